The lowest BCUT2D eigenvalue weighted by Gasteiger charge is -2.20. The van der Waals surface area contributed by atoms with Crippen molar-refractivity contribution in [2.75, 3.05) is 19.4 Å². The van der Waals surface area contributed by atoms with Crippen molar-refractivity contribution in [2.45, 2.75) is 49.0 Å². The smallest absolute Gasteiger partial charge is 0.107 e. The molecule has 0 spiro atoms. The van der Waals surface area contributed by atoms with Crippen LogP contribution >= 0.6 is 11.8 Å². The molecular weight excluding hydrogens is 220 g/mol. The molecule has 0 radical (unpaired) electrons. The molecule has 0 amide bonds. The van der Waals surface area contributed by atoms with E-state index in [4.69, 9.17) is 10.00 Å². The first-order valence-electron chi connectivity index (χ1n) is 6.11. The van der Waals surface area contributed by atoms with Crippen LogP contribution in [0.2, 0.25) is 0 Å². The number of nitriles is 1. The van der Waals surface area contributed by atoms with Gasteiger partial charge in [0.15, 0.2) is 0 Å². The van der Waals surface area contributed by atoms with Crippen LogP contribution < -0.4 is 5.32 Å². The van der Waals surface area contributed by atoms with E-state index in [1.165, 1.54) is 12.8 Å². The summed E-state index contributed by atoms with van der Waals surface area (Å²) in [4.78, 5) is 0. The Balaban J connectivity index is 1.74. The number of rotatable bonds is 4. The molecule has 3 atom stereocenters. The van der Waals surface area contributed by atoms with E-state index >= 15 is 0 Å². The van der Waals surface area contributed by atoms with Crippen LogP contribution in [-0.4, -0.2) is 36.3 Å². The van der Waals surface area contributed by atoms with Crippen LogP contribution in [-0.2, 0) is 4.74 Å². The summed E-state index contributed by atoms with van der Waals surface area (Å²) in [7, 11) is 1.90. The summed E-state index contributed by atoms with van der Waals surface area (Å²) < 4.78 is 5.62. The number of thioether (sulfide) groups is 1. The minimum absolute atomic E-state index is 0.256. The van der Waals surface area contributed by atoms with Crippen molar-refractivity contribution in [1.82, 2.24) is 5.32 Å². The van der Waals surface area contributed by atoms with Crippen molar-refractivity contribution in [3.63, 3.8) is 0 Å². The zero-order valence-corrected chi connectivity index (χ0v) is 10.7. The topological polar surface area (TPSA) is 45.0 Å². The fourth-order valence-corrected chi connectivity index (χ4v) is 3.98. The van der Waals surface area contributed by atoms with Crippen molar-refractivity contribution in [1.29, 1.82) is 5.26 Å². The lowest BCUT2D eigenvalue weighted by Crippen LogP contribution is -2.38. The van der Waals surface area contributed by atoms with Crippen molar-refractivity contribution in [3.05, 3.63) is 0 Å². The van der Waals surface area contributed by atoms with Crippen molar-refractivity contribution in [3.8, 4) is 6.07 Å². The standard InChI is InChI=1S/C12H20N2OS/c1-14-12(9-13)5-4-11(7-12)16-8-10-3-2-6-15-10/h10-11,14H,2-8H2,1H3. The van der Waals surface area contributed by atoms with Gasteiger partial charge in [-0.3, -0.25) is 0 Å². The van der Waals surface area contributed by atoms with Gasteiger partial charge < -0.3 is 10.1 Å². The predicted molar refractivity (Wildman–Crippen MR) is 66.5 cm³/mol. The number of hydrogen-bond acceptors (Lipinski definition) is 4. The van der Waals surface area contributed by atoms with Gasteiger partial charge in [0, 0.05) is 17.6 Å². The molecule has 0 aromatic carbocycles. The summed E-state index contributed by atoms with van der Waals surface area (Å²) >= 11 is 2.00. The van der Waals surface area contributed by atoms with E-state index < -0.39 is 0 Å². The van der Waals surface area contributed by atoms with Gasteiger partial charge in [-0.2, -0.15) is 17.0 Å². The first kappa shape index (κ1) is 12.2. The van der Waals surface area contributed by atoms with Gasteiger partial charge in [0.1, 0.15) is 5.54 Å². The lowest BCUT2D eigenvalue weighted by atomic mass is 10.0. The fourth-order valence-electron chi connectivity index (χ4n) is 2.55. The van der Waals surface area contributed by atoms with E-state index in [0.29, 0.717) is 11.4 Å². The Morgan fingerprint density at radius 1 is 1.56 bits per heavy atom. The van der Waals surface area contributed by atoms with Crippen LogP contribution in [0, 0.1) is 11.3 Å². The molecule has 2 rings (SSSR count). The van der Waals surface area contributed by atoms with Gasteiger partial charge >= 0.3 is 0 Å². The highest BCUT2D eigenvalue weighted by molar-refractivity contribution is 7.99. The minimum atomic E-state index is -0.256. The average Bonchev–Trinajstić information content (AvgIpc) is 2.96. The van der Waals surface area contributed by atoms with Crippen LogP contribution in [0.1, 0.15) is 32.1 Å². The Bertz CT molecular complexity index is 273. The van der Waals surface area contributed by atoms with Crippen molar-refractivity contribution < 1.29 is 4.74 Å². The Hall–Kier alpha value is -0.240. The highest BCUT2D eigenvalue weighted by atomic mass is 32.2. The molecule has 1 heterocycles. The number of hydrogen-bond donors (Lipinski definition) is 1. The van der Waals surface area contributed by atoms with Gasteiger partial charge in [-0.25, -0.2) is 0 Å². The number of ether oxygens (including phenoxy) is 1. The molecule has 0 aromatic heterocycles. The molecule has 0 aromatic rings. The molecule has 1 aliphatic carbocycles. The minimum Gasteiger partial charge on any atom is -0.377 e. The van der Waals surface area contributed by atoms with Crippen LogP contribution in [0.5, 0.6) is 0 Å². The molecule has 0 bridgehead atoms. The second-order valence-electron chi connectivity index (χ2n) is 4.78. The average molecular weight is 240 g/mol. The molecule has 16 heavy (non-hydrogen) atoms. The molecule has 2 fully saturated rings. The van der Waals surface area contributed by atoms with Crippen LogP contribution in [0.4, 0.5) is 0 Å². The number of nitrogens with zero attached hydrogens (tertiary/aromatic N) is 1. The molecule has 90 valence electrons. The normalized spacial score (nSPS) is 38.8. The Labute approximate surface area is 102 Å². The summed E-state index contributed by atoms with van der Waals surface area (Å²) in [6.07, 6.45) is 6.03. The quantitative estimate of drug-likeness (QED) is 0.815. The SMILES string of the molecule is CNC1(C#N)CCC(SCC2CCCO2)C1. The van der Waals surface area contributed by atoms with Crippen molar-refractivity contribution >= 4 is 11.8 Å². The van der Waals surface area contributed by atoms with Gasteiger partial charge in [-0.1, -0.05) is 0 Å². The maximum Gasteiger partial charge on any atom is 0.107 e. The zero-order chi connectivity index (χ0) is 11.4. The van der Waals surface area contributed by atoms with E-state index in [-0.39, 0.29) is 5.54 Å². The Morgan fingerprint density at radius 2 is 2.44 bits per heavy atom. The van der Waals surface area contributed by atoms with E-state index in [9.17, 15) is 0 Å². The van der Waals surface area contributed by atoms with Gasteiger partial charge in [0.2, 0.25) is 0 Å². The second-order valence-corrected chi connectivity index (χ2v) is 6.11. The Kier molecular flexibility index (Phi) is 4.12. The summed E-state index contributed by atoms with van der Waals surface area (Å²) in [5.74, 6) is 1.11. The lowest BCUT2D eigenvalue weighted by molar-refractivity contribution is 0.129. The van der Waals surface area contributed by atoms with Gasteiger partial charge in [-0.15, -0.1) is 0 Å². The van der Waals surface area contributed by atoms with E-state index in [1.807, 2.05) is 18.8 Å². The molecule has 2 aliphatic rings. The molecule has 1 N–H and O–H groups in total. The van der Waals surface area contributed by atoms with Gasteiger partial charge in [-0.05, 0) is 39.2 Å². The third-order valence-corrected chi connectivity index (χ3v) is 5.14. The fraction of sp³-hybridized carbons (Fsp3) is 0.917. The maximum absolute atomic E-state index is 9.17. The van der Waals surface area contributed by atoms with Gasteiger partial charge in [0.25, 0.3) is 0 Å². The summed E-state index contributed by atoms with van der Waals surface area (Å²) in [5, 5.41) is 13.0. The zero-order valence-electron chi connectivity index (χ0n) is 9.87. The molecule has 3 unspecified atom stereocenters. The Morgan fingerprint density at radius 3 is 3.00 bits per heavy atom. The van der Waals surface area contributed by atoms with Crippen LogP contribution in [0.15, 0.2) is 0 Å². The summed E-state index contributed by atoms with van der Waals surface area (Å²) in [6, 6.07) is 2.43. The van der Waals surface area contributed by atoms with Crippen molar-refractivity contribution in [2.24, 2.45) is 0 Å². The maximum atomic E-state index is 9.17. The third-order valence-electron chi connectivity index (χ3n) is 3.70. The summed E-state index contributed by atoms with van der Waals surface area (Å²) in [6.45, 7) is 0.939. The molecule has 1 aliphatic heterocycles. The molecular formula is C12H20N2OS. The molecule has 4 heteroatoms. The highest BCUT2D eigenvalue weighted by Crippen LogP contribution is 2.37. The highest BCUT2D eigenvalue weighted by Gasteiger charge is 2.38. The van der Waals surface area contributed by atoms with Gasteiger partial charge in [0.05, 0.1) is 12.2 Å². The first-order valence-corrected chi connectivity index (χ1v) is 7.16. The van der Waals surface area contributed by atoms with Crippen LogP contribution in [0.25, 0.3) is 0 Å². The predicted octanol–water partition coefficient (Wildman–Crippen LogP) is 1.93. The monoisotopic (exact) mass is 240 g/mol. The first-order chi connectivity index (χ1) is 7.78. The van der Waals surface area contributed by atoms with E-state index in [0.717, 1.165) is 31.6 Å². The van der Waals surface area contributed by atoms with Crippen LogP contribution in [0.3, 0.4) is 0 Å². The molecule has 1 saturated carbocycles. The second kappa shape index (κ2) is 5.39. The van der Waals surface area contributed by atoms with E-state index in [2.05, 4.69) is 11.4 Å². The van der Waals surface area contributed by atoms with E-state index in [1.54, 1.807) is 0 Å². The largest absolute Gasteiger partial charge is 0.377 e. The molecule has 3 nitrogen and oxygen atoms in total. The third kappa shape index (κ3) is 2.71. The number of nitrogens with one attached hydrogen (secondary N) is 1. The molecule has 1 saturated heterocycles. The summed E-state index contributed by atoms with van der Waals surface area (Å²) in [5.41, 5.74) is -0.256.